The fourth-order valence-electron chi connectivity index (χ4n) is 3.05. The largest absolute Gasteiger partial charge is 0.492 e. The third-order valence-corrected chi connectivity index (χ3v) is 4.45. The first kappa shape index (κ1) is 18.1. The standard InChI is InChI=1S/C20H21N5O3/c26-18(14-25-10-11-27-17-6-2-1-4-16(17)13-25)22-9-7-19-23-20(24-28-19)15-5-3-8-21-12-15/h1-6,8,12H,7,9-11,13-14H2,(H,22,26). The minimum absolute atomic E-state index is 0.0358. The van der Waals surface area contributed by atoms with Crippen molar-refractivity contribution in [2.45, 2.75) is 13.0 Å². The quantitative estimate of drug-likeness (QED) is 0.696. The van der Waals surface area contributed by atoms with Gasteiger partial charge in [-0.2, -0.15) is 4.98 Å². The highest BCUT2D eigenvalue weighted by molar-refractivity contribution is 5.78. The van der Waals surface area contributed by atoms with Gasteiger partial charge in [0, 0.05) is 49.6 Å². The van der Waals surface area contributed by atoms with Crippen LogP contribution in [0.4, 0.5) is 0 Å². The lowest BCUT2D eigenvalue weighted by Gasteiger charge is -2.18. The molecule has 144 valence electrons. The Balaban J connectivity index is 1.25. The summed E-state index contributed by atoms with van der Waals surface area (Å²) in [7, 11) is 0. The molecule has 0 saturated carbocycles. The van der Waals surface area contributed by atoms with Crippen molar-refractivity contribution >= 4 is 5.91 Å². The fraction of sp³-hybridized carbons (Fsp3) is 0.300. The molecule has 8 heteroatoms. The molecule has 0 saturated heterocycles. The van der Waals surface area contributed by atoms with E-state index < -0.39 is 0 Å². The minimum Gasteiger partial charge on any atom is -0.492 e. The van der Waals surface area contributed by atoms with E-state index in [1.165, 1.54) is 0 Å². The highest BCUT2D eigenvalue weighted by atomic mass is 16.5. The second-order valence-electron chi connectivity index (χ2n) is 6.52. The van der Waals surface area contributed by atoms with Crippen LogP contribution >= 0.6 is 0 Å². The zero-order valence-corrected chi connectivity index (χ0v) is 15.4. The number of hydrogen-bond acceptors (Lipinski definition) is 7. The first-order valence-electron chi connectivity index (χ1n) is 9.21. The maximum Gasteiger partial charge on any atom is 0.234 e. The summed E-state index contributed by atoms with van der Waals surface area (Å²) in [5, 5.41) is 6.86. The van der Waals surface area contributed by atoms with Crippen molar-refractivity contribution < 1.29 is 14.1 Å². The van der Waals surface area contributed by atoms with E-state index in [1.54, 1.807) is 12.4 Å². The number of nitrogens with one attached hydrogen (secondary N) is 1. The number of para-hydroxylation sites is 1. The summed E-state index contributed by atoms with van der Waals surface area (Å²) >= 11 is 0. The molecule has 0 radical (unpaired) electrons. The van der Waals surface area contributed by atoms with Gasteiger partial charge in [0.1, 0.15) is 12.4 Å². The minimum atomic E-state index is -0.0358. The van der Waals surface area contributed by atoms with Crippen molar-refractivity contribution in [3.63, 3.8) is 0 Å². The second kappa shape index (κ2) is 8.62. The number of pyridine rings is 1. The molecule has 4 rings (SSSR count). The molecule has 0 bridgehead atoms. The van der Waals surface area contributed by atoms with Gasteiger partial charge in [-0.25, -0.2) is 0 Å². The number of benzene rings is 1. The van der Waals surface area contributed by atoms with Gasteiger partial charge in [0.15, 0.2) is 0 Å². The number of amides is 1. The van der Waals surface area contributed by atoms with Crippen molar-refractivity contribution in [2.75, 3.05) is 26.2 Å². The Morgan fingerprint density at radius 3 is 3.04 bits per heavy atom. The maximum absolute atomic E-state index is 12.3. The first-order chi connectivity index (χ1) is 13.8. The van der Waals surface area contributed by atoms with E-state index in [1.807, 2.05) is 36.4 Å². The molecular formula is C20H21N5O3. The smallest absolute Gasteiger partial charge is 0.234 e. The summed E-state index contributed by atoms with van der Waals surface area (Å²) in [6.45, 7) is 2.74. The molecule has 0 spiro atoms. The van der Waals surface area contributed by atoms with Crippen LogP contribution in [0.2, 0.25) is 0 Å². The zero-order valence-electron chi connectivity index (χ0n) is 15.4. The predicted molar refractivity (Wildman–Crippen MR) is 101 cm³/mol. The van der Waals surface area contributed by atoms with Gasteiger partial charge in [-0.3, -0.25) is 14.7 Å². The third-order valence-electron chi connectivity index (χ3n) is 4.45. The molecule has 3 heterocycles. The molecule has 2 aromatic heterocycles. The zero-order chi connectivity index (χ0) is 19.2. The molecule has 1 aromatic carbocycles. The van der Waals surface area contributed by atoms with Crippen molar-refractivity contribution in [1.29, 1.82) is 0 Å². The van der Waals surface area contributed by atoms with Crippen molar-refractivity contribution in [2.24, 2.45) is 0 Å². The van der Waals surface area contributed by atoms with Crippen LogP contribution in [-0.2, 0) is 17.8 Å². The Kier molecular flexibility index (Phi) is 5.58. The SMILES string of the molecule is O=C(CN1CCOc2ccccc2C1)NCCc1nc(-c2cccnc2)no1. The summed E-state index contributed by atoms with van der Waals surface area (Å²) in [6.07, 6.45) is 3.85. The van der Waals surface area contributed by atoms with E-state index in [0.29, 0.717) is 50.9 Å². The van der Waals surface area contributed by atoms with Crippen LogP contribution in [0, 0.1) is 0 Å². The summed E-state index contributed by atoms with van der Waals surface area (Å²) in [5.74, 6) is 1.84. The maximum atomic E-state index is 12.3. The average molecular weight is 379 g/mol. The van der Waals surface area contributed by atoms with Gasteiger partial charge < -0.3 is 14.6 Å². The van der Waals surface area contributed by atoms with E-state index >= 15 is 0 Å². The average Bonchev–Trinajstić information content (AvgIpc) is 3.09. The summed E-state index contributed by atoms with van der Waals surface area (Å²) in [5.41, 5.74) is 1.90. The van der Waals surface area contributed by atoms with E-state index in [9.17, 15) is 4.79 Å². The number of aromatic nitrogens is 3. The molecule has 8 nitrogen and oxygen atoms in total. The van der Waals surface area contributed by atoms with Gasteiger partial charge in [-0.1, -0.05) is 23.4 Å². The van der Waals surface area contributed by atoms with Crippen LogP contribution in [0.15, 0.2) is 53.3 Å². The van der Waals surface area contributed by atoms with Crippen LogP contribution in [-0.4, -0.2) is 52.2 Å². The number of carbonyl (C=O) groups excluding carboxylic acids is 1. The molecule has 1 aliphatic heterocycles. The number of rotatable bonds is 6. The van der Waals surface area contributed by atoms with Crippen LogP contribution in [0.1, 0.15) is 11.5 Å². The molecule has 28 heavy (non-hydrogen) atoms. The van der Waals surface area contributed by atoms with Gasteiger partial charge in [-0.15, -0.1) is 0 Å². The van der Waals surface area contributed by atoms with Gasteiger partial charge in [-0.05, 0) is 18.2 Å². The van der Waals surface area contributed by atoms with E-state index in [-0.39, 0.29) is 5.91 Å². The summed E-state index contributed by atoms with van der Waals surface area (Å²) in [6, 6.07) is 11.6. The lowest BCUT2D eigenvalue weighted by atomic mass is 10.2. The van der Waals surface area contributed by atoms with Gasteiger partial charge >= 0.3 is 0 Å². The summed E-state index contributed by atoms with van der Waals surface area (Å²) in [4.78, 5) is 22.7. The molecular weight excluding hydrogens is 358 g/mol. The van der Waals surface area contributed by atoms with Gasteiger partial charge in [0.25, 0.3) is 0 Å². The van der Waals surface area contributed by atoms with Gasteiger partial charge in [0.2, 0.25) is 17.6 Å². The highest BCUT2D eigenvalue weighted by Gasteiger charge is 2.17. The van der Waals surface area contributed by atoms with Crippen molar-refractivity contribution in [3.05, 3.63) is 60.2 Å². The molecule has 0 aliphatic carbocycles. The Morgan fingerprint density at radius 2 is 2.14 bits per heavy atom. The molecule has 0 atom stereocenters. The van der Waals surface area contributed by atoms with Crippen LogP contribution in [0.5, 0.6) is 5.75 Å². The first-order valence-corrected chi connectivity index (χ1v) is 9.21. The number of nitrogens with zero attached hydrogens (tertiary/aromatic N) is 4. The number of ether oxygens (including phenoxy) is 1. The van der Waals surface area contributed by atoms with Crippen LogP contribution in [0.3, 0.4) is 0 Å². The molecule has 1 N–H and O–H groups in total. The predicted octanol–water partition coefficient (Wildman–Crippen LogP) is 1.68. The van der Waals surface area contributed by atoms with Crippen molar-refractivity contribution in [3.8, 4) is 17.1 Å². The molecule has 0 fully saturated rings. The highest BCUT2D eigenvalue weighted by Crippen LogP contribution is 2.22. The van der Waals surface area contributed by atoms with E-state index in [4.69, 9.17) is 9.26 Å². The lowest BCUT2D eigenvalue weighted by molar-refractivity contribution is -0.122. The van der Waals surface area contributed by atoms with E-state index in [2.05, 4.69) is 25.3 Å². The number of carbonyl (C=O) groups is 1. The monoisotopic (exact) mass is 379 g/mol. The Hall–Kier alpha value is -3.26. The normalized spacial score (nSPS) is 14.0. The summed E-state index contributed by atoms with van der Waals surface area (Å²) < 4.78 is 11.0. The van der Waals surface area contributed by atoms with E-state index in [0.717, 1.165) is 16.9 Å². The fourth-order valence-corrected chi connectivity index (χ4v) is 3.05. The lowest BCUT2D eigenvalue weighted by Crippen LogP contribution is -2.38. The van der Waals surface area contributed by atoms with Crippen LogP contribution in [0.25, 0.3) is 11.4 Å². The Bertz CT molecular complexity index is 928. The third kappa shape index (κ3) is 4.52. The number of hydrogen-bond donors (Lipinski definition) is 1. The van der Waals surface area contributed by atoms with Crippen molar-refractivity contribution in [1.82, 2.24) is 25.3 Å². The molecule has 0 unspecified atom stereocenters. The molecule has 1 aliphatic rings. The molecule has 1 amide bonds. The molecule has 3 aromatic rings. The Morgan fingerprint density at radius 1 is 1.21 bits per heavy atom. The topological polar surface area (TPSA) is 93.4 Å². The second-order valence-corrected chi connectivity index (χ2v) is 6.52. The van der Waals surface area contributed by atoms with Crippen LogP contribution < -0.4 is 10.1 Å². The van der Waals surface area contributed by atoms with Gasteiger partial charge in [0.05, 0.1) is 6.54 Å². The number of fused-ring (bicyclic) bond motifs is 1. The Labute approximate surface area is 162 Å².